The van der Waals surface area contributed by atoms with E-state index in [0.29, 0.717) is 5.56 Å². The number of fused-ring (bicyclic) bond motifs is 3. The third-order valence-corrected chi connectivity index (χ3v) is 10.2. The average molecular weight is 682 g/mol. The smallest absolute Gasteiger partial charge is 0.178 e. The Labute approximate surface area is 309 Å². The first kappa shape index (κ1) is 32.0. The lowest BCUT2D eigenvalue weighted by Crippen LogP contribution is -2.34. The number of carbonyl (C=O) groups is 1. The van der Waals surface area contributed by atoms with E-state index >= 15 is 0 Å². The summed E-state index contributed by atoms with van der Waals surface area (Å²) >= 11 is 0. The van der Waals surface area contributed by atoms with Gasteiger partial charge in [-0.15, -0.1) is 0 Å². The van der Waals surface area contributed by atoms with E-state index in [4.69, 9.17) is 4.74 Å². The molecule has 8 aromatic carbocycles. The molecule has 1 unspecified atom stereocenters. The van der Waals surface area contributed by atoms with Crippen molar-refractivity contribution in [3.05, 3.63) is 222 Å². The van der Waals surface area contributed by atoms with E-state index in [9.17, 15) is 4.79 Å². The van der Waals surface area contributed by atoms with Gasteiger partial charge in [-0.25, -0.2) is 0 Å². The van der Waals surface area contributed by atoms with Gasteiger partial charge in [-0.05, 0) is 93.7 Å². The van der Waals surface area contributed by atoms with Gasteiger partial charge in [0.15, 0.2) is 5.60 Å². The maximum absolute atomic E-state index is 11.2. The largest absolute Gasteiger partial charge is 0.473 e. The summed E-state index contributed by atoms with van der Waals surface area (Å²) in [5.41, 5.74) is 10.8. The SMILES string of the molecule is O=Cc1ccc(-c2ccc(C3(c4ccccc4)C=Cc4c(ccc5cc(-c6ccc(N(c7ccccc7)c7ccccc7)cc6)ccc45)O3)cc2)cc1. The molecule has 252 valence electrons. The minimum atomic E-state index is -0.795. The van der Waals surface area contributed by atoms with E-state index in [1.165, 1.54) is 0 Å². The number of hydrogen-bond donors (Lipinski definition) is 0. The second-order valence-electron chi connectivity index (χ2n) is 13.3. The number of aldehydes is 1. The molecule has 0 amide bonds. The maximum Gasteiger partial charge on any atom is 0.178 e. The lowest BCUT2D eigenvalue weighted by Gasteiger charge is -2.36. The van der Waals surface area contributed by atoms with Crippen LogP contribution in [0.25, 0.3) is 39.1 Å². The van der Waals surface area contributed by atoms with Crippen molar-refractivity contribution in [1.82, 2.24) is 0 Å². The first-order chi connectivity index (χ1) is 26.2. The van der Waals surface area contributed by atoms with Crippen molar-refractivity contribution in [2.75, 3.05) is 4.90 Å². The number of anilines is 3. The highest BCUT2D eigenvalue weighted by atomic mass is 16.5. The summed E-state index contributed by atoms with van der Waals surface area (Å²) in [5.74, 6) is 0.844. The van der Waals surface area contributed by atoms with Crippen molar-refractivity contribution in [1.29, 1.82) is 0 Å². The second kappa shape index (κ2) is 13.6. The number of hydrogen-bond acceptors (Lipinski definition) is 3. The molecule has 1 aliphatic rings. The van der Waals surface area contributed by atoms with Crippen LogP contribution >= 0.6 is 0 Å². The van der Waals surface area contributed by atoms with Gasteiger partial charge in [0.1, 0.15) is 12.0 Å². The van der Waals surface area contributed by atoms with E-state index in [2.05, 4.69) is 169 Å². The van der Waals surface area contributed by atoms with E-state index in [-0.39, 0.29) is 0 Å². The summed E-state index contributed by atoms with van der Waals surface area (Å²) in [7, 11) is 0. The molecule has 3 heteroatoms. The van der Waals surface area contributed by atoms with Crippen molar-refractivity contribution < 1.29 is 9.53 Å². The van der Waals surface area contributed by atoms with Gasteiger partial charge >= 0.3 is 0 Å². The summed E-state index contributed by atoms with van der Waals surface area (Å²) in [4.78, 5) is 13.4. The van der Waals surface area contributed by atoms with Gasteiger partial charge in [-0.1, -0.05) is 146 Å². The summed E-state index contributed by atoms with van der Waals surface area (Å²) in [6.07, 6.45) is 5.28. The molecule has 53 heavy (non-hydrogen) atoms. The molecule has 0 fully saturated rings. The number of carbonyl (C=O) groups excluding carboxylic acids is 1. The van der Waals surface area contributed by atoms with E-state index in [1.807, 2.05) is 42.5 Å². The van der Waals surface area contributed by atoms with Gasteiger partial charge in [0, 0.05) is 39.3 Å². The molecule has 0 N–H and O–H groups in total. The highest BCUT2D eigenvalue weighted by Gasteiger charge is 2.37. The van der Waals surface area contributed by atoms with Crippen molar-refractivity contribution in [2.45, 2.75) is 5.60 Å². The van der Waals surface area contributed by atoms with Crippen LogP contribution in [-0.2, 0) is 5.60 Å². The van der Waals surface area contributed by atoms with Crippen molar-refractivity contribution in [2.24, 2.45) is 0 Å². The van der Waals surface area contributed by atoms with Crippen LogP contribution in [0.3, 0.4) is 0 Å². The van der Waals surface area contributed by atoms with Crippen LogP contribution in [0.4, 0.5) is 17.1 Å². The molecule has 8 aromatic rings. The molecule has 1 heterocycles. The summed E-state index contributed by atoms with van der Waals surface area (Å²) in [5, 5.41) is 2.31. The lowest BCUT2D eigenvalue weighted by molar-refractivity contribution is 0.112. The van der Waals surface area contributed by atoms with Gasteiger partial charge in [-0.2, -0.15) is 0 Å². The first-order valence-electron chi connectivity index (χ1n) is 17.9. The number of nitrogens with zero attached hydrogens (tertiary/aromatic N) is 1. The van der Waals surface area contributed by atoms with Gasteiger partial charge < -0.3 is 9.64 Å². The van der Waals surface area contributed by atoms with Gasteiger partial charge in [0.05, 0.1) is 0 Å². The molecule has 0 radical (unpaired) electrons. The van der Waals surface area contributed by atoms with Crippen LogP contribution in [-0.4, -0.2) is 6.29 Å². The molecule has 1 aliphatic heterocycles. The zero-order valence-corrected chi connectivity index (χ0v) is 29.0. The third kappa shape index (κ3) is 5.98. The highest BCUT2D eigenvalue weighted by molar-refractivity contribution is 5.96. The Morgan fingerprint density at radius 3 is 1.60 bits per heavy atom. The first-order valence-corrected chi connectivity index (χ1v) is 17.9. The van der Waals surface area contributed by atoms with E-state index in [0.717, 1.165) is 78.8 Å². The van der Waals surface area contributed by atoms with Crippen LogP contribution in [0.15, 0.2) is 200 Å². The Hall–Kier alpha value is -6.97. The molecule has 0 saturated heterocycles. The Morgan fingerprint density at radius 1 is 0.472 bits per heavy atom. The number of ether oxygens (including phenoxy) is 1. The molecule has 0 bridgehead atoms. The lowest BCUT2D eigenvalue weighted by atomic mass is 9.82. The van der Waals surface area contributed by atoms with Crippen LogP contribution < -0.4 is 9.64 Å². The molecule has 3 nitrogen and oxygen atoms in total. The molecule has 1 atom stereocenters. The van der Waals surface area contributed by atoms with Crippen molar-refractivity contribution >= 4 is 40.2 Å². The van der Waals surface area contributed by atoms with Crippen LogP contribution in [0, 0.1) is 0 Å². The molecular weight excluding hydrogens is 647 g/mol. The number of rotatable bonds is 8. The molecule has 0 spiro atoms. The number of para-hydroxylation sites is 2. The van der Waals surface area contributed by atoms with Crippen molar-refractivity contribution in [3.63, 3.8) is 0 Å². The van der Waals surface area contributed by atoms with Crippen LogP contribution in [0.5, 0.6) is 5.75 Å². The fraction of sp³-hybridized carbons (Fsp3) is 0.0200. The minimum absolute atomic E-state index is 0.667. The minimum Gasteiger partial charge on any atom is -0.473 e. The van der Waals surface area contributed by atoms with Gasteiger partial charge in [0.2, 0.25) is 0 Å². The van der Waals surface area contributed by atoms with Crippen LogP contribution in [0.2, 0.25) is 0 Å². The molecular formula is C50H35NO2. The van der Waals surface area contributed by atoms with E-state index in [1.54, 1.807) is 0 Å². The predicted octanol–water partition coefficient (Wildman–Crippen LogP) is 12.8. The zero-order chi connectivity index (χ0) is 35.6. The van der Waals surface area contributed by atoms with Gasteiger partial charge in [-0.3, -0.25) is 4.79 Å². The van der Waals surface area contributed by atoms with Crippen LogP contribution in [0.1, 0.15) is 27.0 Å². The van der Waals surface area contributed by atoms with Gasteiger partial charge in [0.25, 0.3) is 0 Å². The molecule has 0 saturated carbocycles. The number of benzene rings is 8. The fourth-order valence-corrected chi connectivity index (χ4v) is 7.41. The monoisotopic (exact) mass is 681 g/mol. The molecule has 0 aliphatic carbocycles. The maximum atomic E-state index is 11.2. The fourth-order valence-electron chi connectivity index (χ4n) is 7.41. The van der Waals surface area contributed by atoms with E-state index < -0.39 is 5.60 Å². The third-order valence-electron chi connectivity index (χ3n) is 10.2. The highest BCUT2D eigenvalue weighted by Crippen LogP contribution is 2.45. The Balaban J connectivity index is 1.04. The summed E-state index contributed by atoms with van der Waals surface area (Å²) in [6.45, 7) is 0. The quantitative estimate of drug-likeness (QED) is 0.150. The Morgan fingerprint density at radius 2 is 0.981 bits per heavy atom. The molecule has 9 rings (SSSR count). The normalized spacial score (nSPS) is 14.6. The second-order valence-corrected chi connectivity index (χ2v) is 13.3. The zero-order valence-electron chi connectivity index (χ0n) is 29.0. The standard InChI is InChI=1S/C50H35NO2/c52-35-36-16-18-37(19-17-36)38-20-26-43(27-21-38)50(42-10-4-1-5-11-42)33-32-48-47-30-24-40(34-41(47)25-31-49(48)53-50)39-22-28-46(29-23-39)51(44-12-6-2-7-13-44)45-14-8-3-9-15-45/h1-35H. The average Bonchev–Trinajstić information content (AvgIpc) is 3.25. The summed E-state index contributed by atoms with van der Waals surface area (Å²) in [6, 6.07) is 67.3. The Bertz CT molecular complexity index is 2520. The predicted molar refractivity (Wildman–Crippen MR) is 218 cm³/mol. The van der Waals surface area contributed by atoms with Crippen molar-refractivity contribution in [3.8, 4) is 28.0 Å². The summed E-state index contributed by atoms with van der Waals surface area (Å²) < 4.78 is 7.07. The molecule has 0 aromatic heterocycles. The topological polar surface area (TPSA) is 29.5 Å². The Kier molecular flexibility index (Phi) is 8.22.